The zero-order chi connectivity index (χ0) is 10.7. The number of nitrogens with zero attached hydrogens (tertiary/aromatic N) is 2. The maximum atomic E-state index is 5.28. The lowest BCUT2D eigenvalue weighted by Crippen LogP contribution is -1.90. The Morgan fingerprint density at radius 2 is 2.00 bits per heavy atom. The molecule has 0 fully saturated rings. The van der Waals surface area contributed by atoms with Gasteiger partial charge in [-0.2, -0.15) is 0 Å². The fourth-order valence-electron chi connectivity index (χ4n) is 1.08. The van der Waals surface area contributed by atoms with Gasteiger partial charge in [0.05, 0.1) is 7.11 Å². The minimum Gasteiger partial charge on any atom is -0.497 e. The first kappa shape index (κ1) is 9.32. The minimum absolute atomic E-state index is 0.0333. The van der Waals surface area contributed by atoms with Crippen LogP contribution in [0.5, 0.6) is 5.75 Å². The fraction of sp³-hybridized carbons (Fsp3) is 0.111. The lowest BCUT2D eigenvalue weighted by molar-refractivity contribution is 0.415. The zero-order valence-corrected chi connectivity index (χ0v) is 8.10. The summed E-state index contributed by atoms with van der Waals surface area (Å²) in [6.45, 7) is 0. The quantitative estimate of drug-likeness (QED) is 0.789. The molecular weight excluding hydrogens is 196 g/mol. The van der Waals surface area contributed by atoms with E-state index in [0.29, 0.717) is 0 Å². The second-order valence-corrected chi connectivity index (χ2v) is 2.80. The maximum absolute atomic E-state index is 5.28. The number of rotatable bonds is 3. The van der Waals surface area contributed by atoms with E-state index in [1.807, 2.05) is 24.3 Å². The molecule has 3 N–H and O–H groups in total. The van der Waals surface area contributed by atoms with E-state index < -0.39 is 0 Å². The molecule has 6 nitrogen and oxygen atoms in total. The summed E-state index contributed by atoms with van der Waals surface area (Å²) in [6.07, 6.45) is 0. The van der Waals surface area contributed by atoms with Gasteiger partial charge in [0.2, 0.25) is 0 Å². The van der Waals surface area contributed by atoms with E-state index in [1.165, 1.54) is 0 Å². The van der Waals surface area contributed by atoms with E-state index in [4.69, 9.17) is 14.9 Å². The van der Waals surface area contributed by atoms with Crippen LogP contribution < -0.4 is 15.8 Å². The lowest BCUT2D eigenvalue weighted by atomic mass is 10.3. The normalized spacial score (nSPS) is 9.93. The molecule has 0 radical (unpaired) electrons. The van der Waals surface area contributed by atoms with Crippen LogP contribution in [0.3, 0.4) is 0 Å². The number of nitrogens with two attached hydrogens (primary N) is 1. The number of ether oxygens (including phenoxy) is 1. The van der Waals surface area contributed by atoms with Crippen molar-refractivity contribution >= 4 is 17.7 Å². The van der Waals surface area contributed by atoms with E-state index in [1.54, 1.807) is 7.11 Å². The monoisotopic (exact) mass is 206 g/mol. The third-order valence-electron chi connectivity index (χ3n) is 1.78. The van der Waals surface area contributed by atoms with Crippen LogP contribution in [0.1, 0.15) is 0 Å². The van der Waals surface area contributed by atoms with Crippen molar-refractivity contribution < 1.29 is 9.15 Å². The van der Waals surface area contributed by atoms with Crippen LogP contribution >= 0.6 is 0 Å². The van der Waals surface area contributed by atoms with E-state index in [2.05, 4.69) is 15.5 Å². The van der Waals surface area contributed by atoms with Crippen molar-refractivity contribution in [2.24, 2.45) is 0 Å². The van der Waals surface area contributed by atoms with Crippen LogP contribution in [-0.2, 0) is 0 Å². The molecule has 0 saturated heterocycles. The number of hydrogen-bond acceptors (Lipinski definition) is 6. The molecule has 2 rings (SSSR count). The van der Waals surface area contributed by atoms with Crippen LogP contribution in [0.15, 0.2) is 28.7 Å². The standard InChI is InChI=1S/C9H10N4O2/c1-14-7-4-2-6(3-5-7)11-9-13-12-8(10)15-9/h2-5H,1H3,(H2,10,12)(H,11,13). The SMILES string of the molecule is COc1ccc(Nc2nnc(N)o2)cc1. The maximum Gasteiger partial charge on any atom is 0.321 e. The largest absolute Gasteiger partial charge is 0.497 e. The summed E-state index contributed by atoms with van der Waals surface area (Å²) in [5.74, 6) is 0.783. The Kier molecular flexibility index (Phi) is 2.40. The highest BCUT2D eigenvalue weighted by Crippen LogP contribution is 2.19. The van der Waals surface area contributed by atoms with Gasteiger partial charge in [0.1, 0.15) is 5.75 Å². The Bertz CT molecular complexity index is 438. The van der Waals surface area contributed by atoms with Gasteiger partial charge in [-0.25, -0.2) is 0 Å². The molecule has 78 valence electrons. The molecule has 0 spiro atoms. The third-order valence-corrected chi connectivity index (χ3v) is 1.78. The van der Waals surface area contributed by atoms with Gasteiger partial charge in [0.15, 0.2) is 0 Å². The molecule has 1 aromatic carbocycles. The number of anilines is 3. The molecule has 0 unspecified atom stereocenters. The van der Waals surface area contributed by atoms with Crippen LogP contribution in [-0.4, -0.2) is 17.3 Å². The van der Waals surface area contributed by atoms with Crippen molar-refractivity contribution in [2.75, 3.05) is 18.2 Å². The number of benzene rings is 1. The molecular formula is C9H10N4O2. The molecule has 1 heterocycles. The second-order valence-electron chi connectivity index (χ2n) is 2.80. The Hall–Kier alpha value is -2.24. The number of nitrogens with one attached hydrogen (secondary N) is 1. The van der Waals surface area contributed by atoms with Gasteiger partial charge in [-0.1, -0.05) is 10.2 Å². The summed E-state index contributed by atoms with van der Waals surface area (Å²) in [4.78, 5) is 0. The molecule has 2 aromatic rings. The first-order valence-corrected chi connectivity index (χ1v) is 4.28. The molecule has 0 aliphatic heterocycles. The van der Waals surface area contributed by atoms with E-state index in [-0.39, 0.29) is 12.0 Å². The highest BCUT2D eigenvalue weighted by atomic mass is 16.5. The van der Waals surface area contributed by atoms with Crippen molar-refractivity contribution in [1.29, 1.82) is 0 Å². The minimum atomic E-state index is 0.0333. The number of aromatic nitrogens is 2. The average Bonchev–Trinajstić information content (AvgIpc) is 2.65. The third kappa shape index (κ3) is 2.16. The number of hydrogen-bond donors (Lipinski definition) is 2. The van der Waals surface area contributed by atoms with Crippen LogP contribution in [0.4, 0.5) is 17.7 Å². The molecule has 0 aliphatic carbocycles. The van der Waals surface area contributed by atoms with Gasteiger partial charge < -0.3 is 20.2 Å². The summed E-state index contributed by atoms with van der Waals surface area (Å²) in [7, 11) is 1.61. The molecule has 0 atom stereocenters. The Labute approximate surface area is 86.1 Å². The van der Waals surface area contributed by atoms with Gasteiger partial charge >= 0.3 is 12.0 Å². The van der Waals surface area contributed by atoms with Crippen molar-refractivity contribution in [3.05, 3.63) is 24.3 Å². The van der Waals surface area contributed by atoms with Gasteiger partial charge in [0.25, 0.3) is 0 Å². The predicted octanol–water partition coefficient (Wildman–Crippen LogP) is 1.40. The van der Waals surface area contributed by atoms with Crippen LogP contribution in [0.25, 0.3) is 0 Å². The van der Waals surface area contributed by atoms with Crippen molar-refractivity contribution in [1.82, 2.24) is 10.2 Å². The predicted molar refractivity (Wildman–Crippen MR) is 55.0 cm³/mol. The molecule has 15 heavy (non-hydrogen) atoms. The molecule has 1 aromatic heterocycles. The van der Waals surface area contributed by atoms with E-state index >= 15 is 0 Å². The van der Waals surface area contributed by atoms with Crippen LogP contribution in [0, 0.1) is 0 Å². The Balaban J connectivity index is 2.11. The van der Waals surface area contributed by atoms with Crippen LogP contribution in [0.2, 0.25) is 0 Å². The Morgan fingerprint density at radius 3 is 2.53 bits per heavy atom. The number of methoxy groups -OCH3 is 1. The van der Waals surface area contributed by atoms with Crippen molar-refractivity contribution in [2.45, 2.75) is 0 Å². The molecule has 6 heteroatoms. The van der Waals surface area contributed by atoms with E-state index in [0.717, 1.165) is 11.4 Å². The smallest absolute Gasteiger partial charge is 0.321 e. The Morgan fingerprint density at radius 1 is 1.27 bits per heavy atom. The summed E-state index contributed by atoms with van der Waals surface area (Å²) < 4.78 is 9.98. The highest BCUT2D eigenvalue weighted by molar-refractivity contribution is 5.53. The van der Waals surface area contributed by atoms with Gasteiger partial charge in [-0.05, 0) is 24.3 Å². The first-order valence-electron chi connectivity index (χ1n) is 4.28. The van der Waals surface area contributed by atoms with Crippen molar-refractivity contribution in [3.63, 3.8) is 0 Å². The van der Waals surface area contributed by atoms with E-state index in [9.17, 15) is 0 Å². The van der Waals surface area contributed by atoms with Gasteiger partial charge in [0, 0.05) is 5.69 Å². The molecule has 0 aliphatic rings. The summed E-state index contributed by atoms with van der Waals surface area (Å²) in [5.41, 5.74) is 6.10. The highest BCUT2D eigenvalue weighted by Gasteiger charge is 2.02. The van der Waals surface area contributed by atoms with Gasteiger partial charge in [-0.3, -0.25) is 0 Å². The van der Waals surface area contributed by atoms with Gasteiger partial charge in [-0.15, -0.1) is 0 Å². The van der Waals surface area contributed by atoms with Crippen molar-refractivity contribution in [3.8, 4) is 5.75 Å². The fourth-order valence-corrected chi connectivity index (χ4v) is 1.08. The molecule has 0 saturated carbocycles. The summed E-state index contributed by atoms with van der Waals surface area (Å²) in [5, 5.41) is 10.1. The number of nitrogen functional groups attached to an aromatic ring is 1. The topological polar surface area (TPSA) is 86.2 Å². The summed E-state index contributed by atoms with van der Waals surface area (Å²) in [6, 6.07) is 7.60. The average molecular weight is 206 g/mol. The molecule has 0 bridgehead atoms. The first-order chi connectivity index (χ1) is 7.28. The summed E-state index contributed by atoms with van der Waals surface area (Å²) >= 11 is 0. The zero-order valence-electron chi connectivity index (χ0n) is 8.10. The second kappa shape index (κ2) is 3.87. The molecule has 0 amide bonds. The lowest BCUT2D eigenvalue weighted by Gasteiger charge is -2.02.